The first kappa shape index (κ1) is 25.3. The number of carbonyl (C=O) groups excluding carboxylic acids is 1. The van der Waals surface area contributed by atoms with Crippen molar-refractivity contribution in [1.29, 1.82) is 0 Å². The lowest BCUT2D eigenvalue weighted by atomic mass is 9.96. The Labute approximate surface area is 205 Å². The van der Waals surface area contributed by atoms with Crippen LogP contribution in [0.1, 0.15) is 32.4 Å². The molecule has 188 valence electrons. The third-order valence-electron chi connectivity index (χ3n) is 5.79. The zero-order valence-electron chi connectivity index (χ0n) is 19.8. The first-order valence-electron chi connectivity index (χ1n) is 11.5. The smallest absolute Gasteiger partial charge is 0.323 e. The summed E-state index contributed by atoms with van der Waals surface area (Å²) in [6.45, 7) is 4.30. The molecule has 3 unspecified atom stereocenters. The second-order valence-electron chi connectivity index (χ2n) is 8.20. The van der Waals surface area contributed by atoms with Crippen LogP contribution in [0.4, 0.5) is 5.82 Å². The van der Waals surface area contributed by atoms with Crippen LogP contribution in [-0.4, -0.2) is 52.5 Å². The molecule has 11 nitrogen and oxygen atoms in total. The fourth-order valence-electron chi connectivity index (χ4n) is 3.99. The van der Waals surface area contributed by atoms with Gasteiger partial charge < -0.3 is 30.0 Å². The first-order valence-corrected chi connectivity index (χ1v) is 12.7. The van der Waals surface area contributed by atoms with Gasteiger partial charge in [-0.25, -0.2) is 14.6 Å². The van der Waals surface area contributed by atoms with Crippen LogP contribution in [-0.2, 0) is 24.4 Å². The van der Waals surface area contributed by atoms with Gasteiger partial charge in [-0.05, 0) is 51.0 Å². The summed E-state index contributed by atoms with van der Waals surface area (Å²) in [5.41, 5.74) is 13.0. The van der Waals surface area contributed by atoms with Gasteiger partial charge in [0.05, 0.1) is 25.0 Å². The van der Waals surface area contributed by atoms with E-state index in [2.05, 4.69) is 15.2 Å². The Balaban J connectivity index is 1.44. The summed E-state index contributed by atoms with van der Waals surface area (Å²) in [7, 11) is -1.65. The van der Waals surface area contributed by atoms with Crippen LogP contribution in [0, 0.1) is 0 Å². The van der Waals surface area contributed by atoms with Crippen LogP contribution in [0.5, 0.6) is 5.75 Å². The van der Waals surface area contributed by atoms with Crippen molar-refractivity contribution in [2.24, 2.45) is 5.73 Å². The van der Waals surface area contributed by atoms with E-state index in [0.717, 1.165) is 12.1 Å². The maximum atomic E-state index is 12.1. The third-order valence-corrected chi connectivity index (χ3v) is 7.15. The van der Waals surface area contributed by atoms with E-state index >= 15 is 0 Å². The second kappa shape index (κ2) is 11.3. The van der Waals surface area contributed by atoms with E-state index in [1.807, 2.05) is 42.5 Å². The number of esters is 1. The number of benzene rings is 1. The predicted molar refractivity (Wildman–Crippen MR) is 131 cm³/mol. The Morgan fingerprint density at radius 3 is 2.89 bits per heavy atom. The Morgan fingerprint density at radius 1 is 1.34 bits per heavy atom. The summed E-state index contributed by atoms with van der Waals surface area (Å²) in [5, 5.41) is 7.44. The fraction of sp³-hybridized carbons (Fsp3) is 0.435. The van der Waals surface area contributed by atoms with Crippen molar-refractivity contribution >= 4 is 25.8 Å². The molecule has 0 radical (unpaired) electrons. The molecule has 0 spiro atoms. The van der Waals surface area contributed by atoms with Crippen molar-refractivity contribution in [2.45, 2.75) is 44.4 Å². The summed E-state index contributed by atoms with van der Waals surface area (Å²) < 4.78 is 25.4. The number of rotatable bonds is 11. The first-order chi connectivity index (χ1) is 17.0. The number of nitrogens with one attached hydrogen (secondary N) is 1. The molecule has 12 heteroatoms. The number of carbonyl (C=O) groups is 1. The predicted octanol–water partition coefficient (Wildman–Crippen LogP) is 2.51. The van der Waals surface area contributed by atoms with Crippen molar-refractivity contribution in [1.82, 2.24) is 19.7 Å². The van der Waals surface area contributed by atoms with E-state index < -0.39 is 20.2 Å². The number of ether oxygens (including phenoxy) is 2. The minimum Gasteiger partial charge on any atom is -0.465 e. The van der Waals surface area contributed by atoms with Crippen LogP contribution in [0.25, 0.3) is 5.52 Å². The molecule has 0 bridgehead atoms. The molecule has 1 aromatic carbocycles. The maximum absolute atomic E-state index is 12.1. The van der Waals surface area contributed by atoms with Crippen molar-refractivity contribution in [3.05, 3.63) is 54.5 Å². The summed E-state index contributed by atoms with van der Waals surface area (Å²) in [4.78, 5) is 16.2. The molecule has 1 aliphatic rings. The van der Waals surface area contributed by atoms with Crippen molar-refractivity contribution < 1.29 is 23.3 Å². The number of aromatic nitrogens is 3. The number of fused-ring (bicyclic) bond motifs is 1. The van der Waals surface area contributed by atoms with Crippen LogP contribution in [0.15, 0.2) is 48.8 Å². The van der Waals surface area contributed by atoms with Gasteiger partial charge in [-0.15, -0.1) is 0 Å². The van der Waals surface area contributed by atoms with Crippen LogP contribution in [0.3, 0.4) is 0 Å². The number of anilines is 1. The van der Waals surface area contributed by atoms with Crippen molar-refractivity contribution in [3.8, 4) is 5.75 Å². The van der Waals surface area contributed by atoms with E-state index in [4.69, 9.17) is 30.0 Å². The molecule has 35 heavy (non-hydrogen) atoms. The molecule has 0 amide bonds. The number of nitrogen functional groups attached to an aromatic ring is 1. The standard InChI is InChI=1S/C23H31N6O5P/c1-3-31-22(30)16(2)28-35(34-17-7-5-4-6-8-17)32-13-18-11-12-23(14-24,33-18)20-10-9-19-21(25)26-15-27-29(19)20/h4-10,15-16,18,28H,3,11-14,24H2,1-2H3,(H2,25,26,27)/t16?,18?,23-,35?/m0/s1. The Morgan fingerprint density at radius 2 is 2.14 bits per heavy atom. The number of para-hydroxylation sites is 1. The highest BCUT2D eigenvalue weighted by atomic mass is 31.2. The van der Waals surface area contributed by atoms with Crippen molar-refractivity contribution in [2.75, 3.05) is 25.5 Å². The van der Waals surface area contributed by atoms with Crippen LogP contribution >= 0.6 is 8.53 Å². The summed E-state index contributed by atoms with van der Waals surface area (Å²) in [6.07, 6.45) is 2.60. The van der Waals surface area contributed by atoms with Gasteiger partial charge in [0.15, 0.2) is 5.82 Å². The fourth-order valence-corrected chi connectivity index (χ4v) is 5.20. The number of nitrogens with zero attached hydrogens (tertiary/aromatic N) is 3. The molecule has 4 atom stereocenters. The molecule has 3 aromatic rings. The van der Waals surface area contributed by atoms with E-state index in [1.165, 1.54) is 6.33 Å². The van der Waals surface area contributed by atoms with Gasteiger partial charge in [0.2, 0.25) is 0 Å². The zero-order chi connectivity index (χ0) is 24.8. The number of hydrogen-bond donors (Lipinski definition) is 3. The minimum absolute atomic E-state index is 0.229. The molecule has 2 aromatic heterocycles. The van der Waals surface area contributed by atoms with Gasteiger partial charge in [-0.3, -0.25) is 4.79 Å². The zero-order valence-corrected chi connectivity index (χ0v) is 20.7. The molecular weight excluding hydrogens is 471 g/mol. The molecule has 4 rings (SSSR count). The monoisotopic (exact) mass is 502 g/mol. The molecule has 3 heterocycles. The molecule has 1 aliphatic heterocycles. The lowest BCUT2D eigenvalue weighted by Crippen LogP contribution is -2.37. The van der Waals surface area contributed by atoms with Crippen LogP contribution in [0.2, 0.25) is 0 Å². The Kier molecular flexibility index (Phi) is 8.15. The van der Waals surface area contributed by atoms with Gasteiger partial charge in [0, 0.05) is 6.54 Å². The van der Waals surface area contributed by atoms with E-state index in [1.54, 1.807) is 18.4 Å². The van der Waals surface area contributed by atoms with Gasteiger partial charge >= 0.3 is 14.5 Å². The SMILES string of the molecule is CCOC(=O)C(C)NP(OCC1CC[C@](CN)(c2ccc3c(N)ncnn23)O1)Oc1ccccc1. The Hall–Kier alpha value is -2.82. The molecule has 0 saturated carbocycles. The quantitative estimate of drug-likeness (QED) is 0.264. The molecule has 5 N–H and O–H groups in total. The molecule has 0 aliphatic carbocycles. The maximum Gasteiger partial charge on any atom is 0.323 e. The number of nitrogens with two attached hydrogens (primary N) is 2. The van der Waals surface area contributed by atoms with Gasteiger partial charge in [0.1, 0.15) is 29.2 Å². The highest BCUT2D eigenvalue weighted by Crippen LogP contribution is 2.42. The number of hydrogen-bond acceptors (Lipinski definition) is 10. The highest BCUT2D eigenvalue weighted by Gasteiger charge is 2.43. The lowest BCUT2D eigenvalue weighted by Gasteiger charge is -2.28. The largest absolute Gasteiger partial charge is 0.465 e. The van der Waals surface area contributed by atoms with Crippen molar-refractivity contribution in [3.63, 3.8) is 0 Å². The summed E-state index contributed by atoms with van der Waals surface area (Å²) in [6, 6.07) is 12.5. The Bertz CT molecular complexity index is 1130. The molecular formula is C23H31N6O5P. The van der Waals surface area contributed by atoms with E-state index in [-0.39, 0.29) is 25.2 Å². The van der Waals surface area contributed by atoms with Gasteiger partial charge in [-0.2, -0.15) is 5.10 Å². The normalized spacial score (nSPS) is 21.6. The molecule has 1 saturated heterocycles. The van der Waals surface area contributed by atoms with Gasteiger partial charge in [0.25, 0.3) is 0 Å². The summed E-state index contributed by atoms with van der Waals surface area (Å²) >= 11 is 0. The van der Waals surface area contributed by atoms with E-state index in [0.29, 0.717) is 30.1 Å². The second-order valence-corrected chi connectivity index (χ2v) is 9.41. The van der Waals surface area contributed by atoms with Crippen LogP contribution < -0.4 is 21.1 Å². The highest BCUT2D eigenvalue weighted by molar-refractivity contribution is 7.45. The third kappa shape index (κ3) is 5.71. The molecule has 1 fully saturated rings. The minimum atomic E-state index is -1.65. The average Bonchev–Trinajstić information content (AvgIpc) is 3.49. The van der Waals surface area contributed by atoms with E-state index in [9.17, 15) is 4.79 Å². The summed E-state index contributed by atoms with van der Waals surface area (Å²) in [5.74, 6) is 0.644. The van der Waals surface area contributed by atoms with Gasteiger partial charge in [-0.1, -0.05) is 18.2 Å². The topological polar surface area (TPSA) is 148 Å². The lowest BCUT2D eigenvalue weighted by molar-refractivity contribution is -0.144. The average molecular weight is 503 g/mol.